The summed E-state index contributed by atoms with van der Waals surface area (Å²) >= 11 is 0. The maximum Gasteiger partial charge on any atom is 0.315 e. The van der Waals surface area contributed by atoms with E-state index in [1.165, 1.54) is 12.1 Å². The molecule has 0 saturated carbocycles. The molecule has 0 unspecified atom stereocenters. The summed E-state index contributed by atoms with van der Waals surface area (Å²) in [6.07, 6.45) is 5.21. The highest BCUT2D eigenvalue weighted by molar-refractivity contribution is 5.74. The van der Waals surface area contributed by atoms with E-state index in [9.17, 15) is 9.18 Å². The summed E-state index contributed by atoms with van der Waals surface area (Å²) in [7, 11) is 0. The molecule has 6 nitrogen and oxygen atoms in total. The van der Waals surface area contributed by atoms with Crippen LogP contribution in [0.4, 0.5) is 9.18 Å². The molecular formula is C18H23FN4O2. The standard InChI is InChI=1S/C18H23FN4O2/c19-14-6-4-13(5-7-14)8-9-20-18(25)22-16-2-1-3-17-15(16)12-21-23(17)10-11-24/h4-7,12,16,24H,1-3,8-11H2,(H2,20,22,25)/t16-/m0/s1. The summed E-state index contributed by atoms with van der Waals surface area (Å²) < 4.78 is 14.7. The number of nitrogens with zero attached hydrogens (tertiary/aromatic N) is 2. The van der Waals surface area contributed by atoms with Gasteiger partial charge in [0.05, 0.1) is 25.4 Å². The fourth-order valence-electron chi connectivity index (χ4n) is 3.24. The van der Waals surface area contributed by atoms with Crippen LogP contribution in [0.5, 0.6) is 0 Å². The monoisotopic (exact) mass is 346 g/mol. The van der Waals surface area contributed by atoms with Gasteiger partial charge in [0.2, 0.25) is 0 Å². The third-order valence-corrected chi connectivity index (χ3v) is 4.49. The summed E-state index contributed by atoms with van der Waals surface area (Å²) in [5, 5.41) is 19.2. The lowest BCUT2D eigenvalue weighted by Gasteiger charge is -2.24. The summed E-state index contributed by atoms with van der Waals surface area (Å²) in [5.74, 6) is -0.260. The van der Waals surface area contributed by atoms with Gasteiger partial charge < -0.3 is 15.7 Å². The van der Waals surface area contributed by atoms with Crippen LogP contribution in [0.25, 0.3) is 0 Å². The van der Waals surface area contributed by atoms with Gasteiger partial charge in [-0.3, -0.25) is 4.68 Å². The molecular weight excluding hydrogens is 323 g/mol. The van der Waals surface area contributed by atoms with E-state index in [0.717, 1.165) is 36.1 Å². The van der Waals surface area contributed by atoms with E-state index in [4.69, 9.17) is 5.11 Å². The minimum atomic E-state index is -0.260. The molecule has 0 bridgehead atoms. The molecule has 7 heteroatoms. The number of amides is 2. The molecule has 0 spiro atoms. The molecule has 1 aromatic heterocycles. The third kappa shape index (κ3) is 4.36. The highest BCUT2D eigenvalue weighted by Gasteiger charge is 2.25. The van der Waals surface area contributed by atoms with Crippen LogP contribution in [0.1, 0.15) is 35.7 Å². The van der Waals surface area contributed by atoms with Crippen molar-refractivity contribution in [3.05, 3.63) is 53.1 Å². The molecule has 1 heterocycles. The average molecular weight is 346 g/mol. The van der Waals surface area contributed by atoms with Crippen LogP contribution in [0.15, 0.2) is 30.5 Å². The van der Waals surface area contributed by atoms with Crippen LogP contribution in [0.3, 0.4) is 0 Å². The SMILES string of the molecule is O=C(NCCc1ccc(F)cc1)N[C@H]1CCCc2c1cnn2CCO. The molecule has 1 aromatic carbocycles. The number of urea groups is 1. The number of hydrogen-bond acceptors (Lipinski definition) is 3. The number of aliphatic hydroxyl groups is 1. The van der Waals surface area contributed by atoms with Gasteiger partial charge in [-0.15, -0.1) is 0 Å². The van der Waals surface area contributed by atoms with E-state index in [0.29, 0.717) is 19.5 Å². The van der Waals surface area contributed by atoms with E-state index in [2.05, 4.69) is 15.7 Å². The first-order valence-corrected chi connectivity index (χ1v) is 8.61. The highest BCUT2D eigenvalue weighted by atomic mass is 19.1. The Morgan fingerprint density at radius 2 is 2.16 bits per heavy atom. The number of aromatic nitrogens is 2. The van der Waals surface area contributed by atoms with Crippen molar-refractivity contribution in [3.63, 3.8) is 0 Å². The van der Waals surface area contributed by atoms with Gasteiger partial charge >= 0.3 is 6.03 Å². The molecule has 0 saturated heterocycles. The molecule has 1 aliphatic carbocycles. The molecule has 0 fully saturated rings. The Balaban J connectivity index is 1.51. The van der Waals surface area contributed by atoms with Crippen molar-refractivity contribution in [1.82, 2.24) is 20.4 Å². The summed E-state index contributed by atoms with van der Waals surface area (Å²) in [6.45, 7) is 1.02. The smallest absolute Gasteiger partial charge is 0.315 e. The lowest BCUT2D eigenvalue weighted by atomic mass is 9.93. The van der Waals surface area contributed by atoms with Crippen molar-refractivity contribution in [2.75, 3.05) is 13.2 Å². The summed E-state index contributed by atoms with van der Waals surface area (Å²) in [4.78, 5) is 12.1. The van der Waals surface area contributed by atoms with Gasteiger partial charge in [-0.2, -0.15) is 5.10 Å². The summed E-state index contributed by atoms with van der Waals surface area (Å²) in [6, 6.07) is 6.01. The molecule has 0 aliphatic heterocycles. The molecule has 134 valence electrons. The van der Waals surface area contributed by atoms with Gasteiger partial charge in [0, 0.05) is 17.8 Å². The fraction of sp³-hybridized carbons (Fsp3) is 0.444. The topological polar surface area (TPSA) is 79.2 Å². The van der Waals surface area contributed by atoms with Gasteiger partial charge in [0.25, 0.3) is 0 Å². The van der Waals surface area contributed by atoms with Crippen molar-refractivity contribution in [2.45, 2.75) is 38.3 Å². The van der Waals surface area contributed by atoms with Crippen LogP contribution < -0.4 is 10.6 Å². The van der Waals surface area contributed by atoms with Gasteiger partial charge in [-0.25, -0.2) is 9.18 Å². The van der Waals surface area contributed by atoms with E-state index >= 15 is 0 Å². The Morgan fingerprint density at radius 3 is 2.92 bits per heavy atom. The first-order valence-electron chi connectivity index (χ1n) is 8.61. The van der Waals surface area contributed by atoms with Crippen LogP contribution >= 0.6 is 0 Å². The lowest BCUT2D eigenvalue weighted by Crippen LogP contribution is -2.39. The third-order valence-electron chi connectivity index (χ3n) is 4.49. The zero-order valence-electron chi connectivity index (χ0n) is 14.0. The molecule has 3 rings (SSSR count). The maximum absolute atomic E-state index is 12.9. The van der Waals surface area contributed by atoms with Crippen molar-refractivity contribution < 1.29 is 14.3 Å². The normalized spacial score (nSPS) is 16.3. The second-order valence-electron chi connectivity index (χ2n) is 6.21. The minimum absolute atomic E-state index is 0.0517. The second-order valence-corrected chi connectivity index (χ2v) is 6.21. The first-order chi connectivity index (χ1) is 12.2. The molecule has 1 atom stereocenters. The van der Waals surface area contributed by atoms with E-state index in [1.54, 1.807) is 18.3 Å². The van der Waals surface area contributed by atoms with Crippen LogP contribution in [-0.2, 0) is 19.4 Å². The van der Waals surface area contributed by atoms with Crippen molar-refractivity contribution >= 4 is 6.03 Å². The van der Waals surface area contributed by atoms with E-state index < -0.39 is 0 Å². The predicted octanol–water partition coefficient (Wildman–Crippen LogP) is 1.93. The molecule has 0 radical (unpaired) electrons. The van der Waals surface area contributed by atoms with Crippen LogP contribution in [0, 0.1) is 5.82 Å². The number of nitrogens with one attached hydrogen (secondary N) is 2. The number of carbonyl (C=O) groups is 1. The second kappa shape index (κ2) is 8.11. The molecule has 25 heavy (non-hydrogen) atoms. The Bertz CT molecular complexity index is 714. The highest BCUT2D eigenvalue weighted by Crippen LogP contribution is 2.29. The van der Waals surface area contributed by atoms with Gasteiger partial charge in [0.1, 0.15) is 5.82 Å². The predicted molar refractivity (Wildman–Crippen MR) is 91.6 cm³/mol. The van der Waals surface area contributed by atoms with Gasteiger partial charge in [0.15, 0.2) is 0 Å². The molecule has 3 N–H and O–H groups in total. The number of benzene rings is 1. The van der Waals surface area contributed by atoms with E-state index in [1.807, 2.05) is 4.68 Å². The summed E-state index contributed by atoms with van der Waals surface area (Å²) in [5.41, 5.74) is 3.11. The molecule has 1 aliphatic rings. The molecule has 2 amide bonds. The zero-order chi connectivity index (χ0) is 17.6. The van der Waals surface area contributed by atoms with E-state index in [-0.39, 0.29) is 24.5 Å². The minimum Gasteiger partial charge on any atom is -0.394 e. The number of carbonyl (C=O) groups excluding carboxylic acids is 1. The van der Waals surface area contributed by atoms with Crippen LogP contribution in [-0.4, -0.2) is 34.1 Å². The largest absolute Gasteiger partial charge is 0.394 e. The first kappa shape index (κ1) is 17.4. The quantitative estimate of drug-likeness (QED) is 0.748. The zero-order valence-corrected chi connectivity index (χ0v) is 14.0. The lowest BCUT2D eigenvalue weighted by molar-refractivity contribution is 0.235. The number of halogens is 1. The fourth-order valence-corrected chi connectivity index (χ4v) is 3.24. The average Bonchev–Trinajstić information content (AvgIpc) is 3.01. The Morgan fingerprint density at radius 1 is 1.36 bits per heavy atom. The number of rotatable bonds is 6. The number of hydrogen-bond donors (Lipinski definition) is 3. The Hall–Kier alpha value is -2.41. The van der Waals surface area contributed by atoms with Gasteiger partial charge in [-0.05, 0) is 43.4 Å². The Kier molecular flexibility index (Phi) is 5.65. The Labute approximate surface area is 146 Å². The number of aliphatic hydroxyl groups excluding tert-OH is 1. The van der Waals surface area contributed by atoms with Crippen molar-refractivity contribution in [3.8, 4) is 0 Å². The van der Waals surface area contributed by atoms with Gasteiger partial charge in [-0.1, -0.05) is 12.1 Å². The van der Waals surface area contributed by atoms with Crippen molar-refractivity contribution in [2.24, 2.45) is 0 Å². The molecule has 2 aromatic rings. The van der Waals surface area contributed by atoms with Crippen molar-refractivity contribution in [1.29, 1.82) is 0 Å². The van der Waals surface area contributed by atoms with Crippen LogP contribution in [0.2, 0.25) is 0 Å². The maximum atomic E-state index is 12.9. The number of fused-ring (bicyclic) bond motifs is 1.